The van der Waals surface area contributed by atoms with E-state index in [1.54, 1.807) is 49.7 Å². The maximum atomic E-state index is 12.5. The van der Waals surface area contributed by atoms with Crippen LogP contribution >= 0.6 is 11.6 Å². The van der Waals surface area contributed by atoms with Crippen LogP contribution in [0.2, 0.25) is 5.02 Å². The predicted molar refractivity (Wildman–Crippen MR) is 108 cm³/mol. The van der Waals surface area contributed by atoms with Gasteiger partial charge in [-0.2, -0.15) is 0 Å². The third-order valence-electron chi connectivity index (χ3n) is 4.11. The molecule has 1 unspecified atom stereocenters. The van der Waals surface area contributed by atoms with Crippen molar-refractivity contribution in [1.29, 1.82) is 0 Å². The number of hydrogen-bond acceptors (Lipinski definition) is 3. The van der Waals surface area contributed by atoms with Crippen LogP contribution in [-0.4, -0.2) is 22.3 Å². The molecule has 0 aliphatic heterocycles. The van der Waals surface area contributed by atoms with Crippen molar-refractivity contribution in [3.63, 3.8) is 0 Å². The fourth-order valence-corrected chi connectivity index (χ4v) is 2.60. The van der Waals surface area contributed by atoms with Crippen LogP contribution in [0.5, 0.6) is 0 Å². The summed E-state index contributed by atoms with van der Waals surface area (Å²) in [6, 6.07) is 6.94. The molecule has 0 saturated carbocycles. The summed E-state index contributed by atoms with van der Waals surface area (Å²) in [6.07, 6.45) is 6.46. The number of aromatic amines is 1. The molecule has 27 heavy (non-hydrogen) atoms. The second kappa shape index (κ2) is 9.73. The summed E-state index contributed by atoms with van der Waals surface area (Å²) < 4.78 is 0. The van der Waals surface area contributed by atoms with Gasteiger partial charge in [0, 0.05) is 16.4 Å². The Hall–Kier alpha value is -2.86. The summed E-state index contributed by atoms with van der Waals surface area (Å²) in [4.78, 5) is 30.9. The predicted octanol–water partition coefficient (Wildman–Crippen LogP) is 3.84. The molecule has 3 N–H and O–H groups in total. The van der Waals surface area contributed by atoms with E-state index in [2.05, 4.69) is 34.4 Å². The van der Waals surface area contributed by atoms with Crippen molar-refractivity contribution >= 4 is 36.1 Å². The number of nitrogens with one attached hydrogen (secondary N) is 3. The molecule has 2 amide bonds. The van der Waals surface area contributed by atoms with E-state index < -0.39 is 5.91 Å². The summed E-state index contributed by atoms with van der Waals surface area (Å²) in [6.45, 7) is 5.99. The Morgan fingerprint density at radius 1 is 1.30 bits per heavy atom. The molecule has 2 aromatic rings. The highest BCUT2D eigenvalue weighted by molar-refractivity contribution is 6.30. The molecule has 6 nitrogen and oxygen atoms in total. The van der Waals surface area contributed by atoms with Crippen molar-refractivity contribution in [3.8, 4) is 0 Å². The molecule has 0 spiro atoms. The van der Waals surface area contributed by atoms with Gasteiger partial charge < -0.3 is 15.6 Å². The molecule has 0 aliphatic carbocycles. The van der Waals surface area contributed by atoms with Crippen LogP contribution in [0.4, 0.5) is 0 Å². The second-order valence-corrected chi connectivity index (χ2v) is 6.60. The molecule has 0 bridgehead atoms. The number of hydrogen-bond donors (Lipinski definition) is 3. The molecule has 0 fully saturated rings. The van der Waals surface area contributed by atoms with Gasteiger partial charge in [0.25, 0.3) is 5.91 Å². The Morgan fingerprint density at radius 3 is 2.63 bits per heavy atom. The van der Waals surface area contributed by atoms with Gasteiger partial charge in [-0.1, -0.05) is 37.6 Å². The quantitative estimate of drug-likeness (QED) is 0.475. The SMILES string of the molecule is CCC(C)c1[nH]cnc1/C=C(/C)NC(=O)/C(=C/c1ccc(Cl)cc1)NC=O. The molecule has 0 saturated heterocycles. The summed E-state index contributed by atoms with van der Waals surface area (Å²) >= 11 is 5.87. The first kappa shape index (κ1) is 20.5. The van der Waals surface area contributed by atoms with Crippen molar-refractivity contribution in [2.75, 3.05) is 0 Å². The van der Waals surface area contributed by atoms with Crippen LogP contribution in [0.15, 0.2) is 42.0 Å². The number of nitrogens with zero attached hydrogens (tertiary/aromatic N) is 1. The van der Waals surface area contributed by atoms with Crippen LogP contribution in [0, 0.1) is 0 Å². The molecule has 1 atom stereocenters. The smallest absolute Gasteiger partial charge is 0.271 e. The lowest BCUT2D eigenvalue weighted by molar-refractivity contribution is -0.118. The van der Waals surface area contributed by atoms with Crippen LogP contribution in [-0.2, 0) is 9.59 Å². The van der Waals surface area contributed by atoms with Crippen LogP contribution in [0.25, 0.3) is 12.2 Å². The zero-order valence-corrected chi connectivity index (χ0v) is 16.3. The van der Waals surface area contributed by atoms with Gasteiger partial charge in [0.2, 0.25) is 6.41 Å². The van der Waals surface area contributed by atoms with Crippen LogP contribution in [0.1, 0.15) is 50.1 Å². The number of halogens is 1. The highest BCUT2D eigenvalue weighted by Crippen LogP contribution is 2.21. The number of amides is 2. The summed E-state index contributed by atoms with van der Waals surface area (Å²) in [7, 11) is 0. The van der Waals surface area contributed by atoms with Crippen LogP contribution in [0.3, 0.4) is 0 Å². The van der Waals surface area contributed by atoms with E-state index in [1.807, 2.05) is 0 Å². The van der Waals surface area contributed by atoms with E-state index in [0.717, 1.165) is 23.4 Å². The zero-order valence-electron chi connectivity index (χ0n) is 15.5. The lowest BCUT2D eigenvalue weighted by Crippen LogP contribution is -2.30. The summed E-state index contributed by atoms with van der Waals surface area (Å²) in [5, 5.41) is 5.80. The van der Waals surface area contributed by atoms with Gasteiger partial charge in [0.05, 0.1) is 12.0 Å². The molecular weight excluding hydrogens is 364 g/mol. The molecule has 1 aromatic carbocycles. The number of allylic oxidation sites excluding steroid dienone is 1. The zero-order chi connectivity index (χ0) is 19.8. The van der Waals surface area contributed by atoms with E-state index >= 15 is 0 Å². The topological polar surface area (TPSA) is 86.9 Å². The van der Waals surface area contributed by atoms with E-state index in [-0.39, 0.29) is 5.70 Å². The number of benzene rings is 1. The standard InChI is InChI=1S/C20H23ClN4O2/c1-4-13(2)19-17(22-11-23-19)9-14(3)25-20(27)18(24-12-26)10-15-5-7-16(21)8-6-15/h5-13H,4H2,1-3H3,(H,22,23)(H,24,26)(H,25,27)/b14-9-,18-10-. The molecule has 1 aromatic heterocycles. The first-order valence-electron chi connectivity index (χ1n) is 8.65. The molecule has 2 rings (SSSR count). The Balaban J connectivity index is 2.18. The third kappa shape index (κ3) is 5.82. The Morgan fingerprint density at radius 2 is 2.00 bits per heavy atom. The van der Waals surface area contributed by atoms with Crippen LogP contribution < -0.4 is 10.6 Å². The van der Waals surface area contributed by atoms with Gasteiger partial charge in [-0.15, -0.1) is 0 Å². The maximum Gasteiger partial charge on any atom is 0.271 e. The number of H-pyrrole nitrogens is 1. The minimum atomic E-state index is -0.425. The fraction of sp³-hybridized carbons (Fsp3) is 0.250. The number of imidazole rings is 1. The van der Waals surface area contributed by atoms with Gasteiger partial charge in [0.15, 0.2) is 0 Å². The number of aromatic nitrogens is 2. The first-order chi connectivity index (χ1) is 12.9. The van der Waals surface area contributed by atoms with Gasteiger partial charge in [-0.05, 0) is 49.1 Å². The molecule has 1 heterocycles. The van der Waals surface area contributed by atoms with E-state index in [1.165, 1.54) is 0 Å². The monoisotopic (exact) mass is 386 g/mol. The lowest BCUT2D eigenvalue weighted by atomic mass is 10.0. The average Bonchev–Trinajstić information content (AvgIpc) is 3.10. The fourth-order valence-electron chi connectivity index (χ4n) is 2.48. The second-order valence-electron chi connectivity index (χ2n) is 6.16. The highest BCUT2D eigenvalue weighted by Gasteiger charge is 2.12. The normalized spacial score (nSPS) is 13.2. The summed E-state index contributed by atoms with van der Waals surface area (Å²) in [5.41, 5.74) is 3.30. The van der Waals surface area contributed by atoms with Crippen molar-refractivity contribution in [3.05, 3.63) is 64.0 Å². The molecule has 0 radical (unpaired) electrons. The molecule has 142 valence electrons. The lowest BCUT2D eigenvalue weighted by Gasteiger charge is -2.10. The number of carbonyl (C=O) groups is 2. The molecular formula is C20H23ClN4O2. The van der Waals surface area contributed by atoms with E-state index in [9.17, 15) is 9.59 Å². The number of carbonyl (C=O) groups excluding carboxylic acids is 2. The highest BCUT2D eigenvalue weighted by atomic mass is 35.5. The summed E-state index contributed by atoms with van der Waals surface area (Å²) in [5.74, 6) is -0.0919. The van der Waals surface area contributed by atoms with Crippen molar-refractivity contribution in [1.82, 2.24) is 20.6 Å². The molecule has 0 aliphatic rings. The van der Waals surface area contributed by atoms with E-state index in [0.29, 0.717) is 23.0 Å². The molecule has 7 heteroatoms. The van der Waals surface area contributed by atoms with Crippen molar-refractivity contribution in [2.45, 2.75) is 33.1 Å². The number of rotatable bonds is 8. The minimum Gasteiger partial charge on any atom is -0.348 e. The maximum absolute atomic E-state index is 12.5. The first-order valence-corrected chi connectivity index (χ1v) is 9.02. The van der Waals surface area contributed by atoms with Gasteiger partial charge in [-0.3, -0.25) is 9.59 Å². The largest absolute Gasteiger partial charge is 0.348 e. The third-order valence-corrected chi connectivity index (χ3v) is 4.36. The Labute approximate surface area is 163 Å². The van der Waals surface area contributed by atoms with Gasteiger partial charge in [-0.25, -0.2) is 4.98 Å². The van der Waals surface area contributed by atoms with Gasteiger partial charge >= 0.3 is 0 Å². The van der Waals surface area contributed by atoms with E-state index in [4.69, 9.17) is 11.6 Å². The Kier molecular flexibility index (Phi) is 7.37. The minimum absolute atomic E-state index is 0.129. The average molecular weight is 387 g/mol. The van der Waals surface area contributed by atoms with Crippen molar-refractivity contribution in [2.24, 2.45) is 0 Å². The Bertz CT molecular complexity index is 853. The van der Waals surface area contributed by atoms with Crippen molar-refractivity contribution < 1.29 is 9.59 Å². The van der Waals surface area contributed by atoms with Gasteiger partial charge in [0.1, 0.15) is 5.70 Å².